The number of morpholine rings is 1. The molecule has 1 aliphatic rings. The van der Waals surface area contributed by atoms with Gasteiger partial charge in [0.25, 0.3) is 0 Å². The average molecular weight is 306 g/mol. The summed E-state index contributed by atoms with van der Waals surface area (Å²) in [4.78, 5) is 6.41. The van der Waals surface area contributed by atoms with Crippen LogP contribution in [0, 0.1) is 6.92 Å². The minimum absolute atomic E-state index is 0.297. The predicted molar refractivity (Wildman–Crippen MR) is 71.0 cm³/mol. The molecule has 0 radical (unpaired) electrons. The molecule has 5 nitrogen and oxygen atoms in total. The standard InChI is InChI=1S/C13H21F3N4O/c1-10(19-5-7-21-8-6-19)3-4-12-17-11(2)18-20(12)9-13(14,15)16/h10H,3-9H2,1-2H3. The fraction of sp³-hybridized carbons (Fsp3) is 0.846. The zero-order chi connectivity index (χ0) is 15.5. The molecule has 0 aromatic carbocycles. The second kappa shape index (κ2) is 6.74. The van der Waals surface area contributed by atoms with Gasteiger partial charge in [-0.25, -0.2) is 9.67 Å². The molecule has 2 rings (SSSR count). The molecular formula is C13H21F3N4O. The van der Waals surface area contributed by atoms with E-state index in [1.54, 1.807) is 6.92 Å². The van der Waals surface area contributed by atoms with Gasteiger partial charge >= 0.3 is 6.18 Å². The number of halogens is 3. The van der Waals surface area contributed by atoms with Crippen molar-refractivity contribution in [2.75, 3.05) is 26.3 Å². The monoisotopic (exact) mass is 306 g/mol. The van der Waals surface area contributed by atoms with Crippen molar-refractivity contribution in [2.45, 2.75) is 45.5 Å². The average Bonchev–Trinajstić information content (AvgIpc) is 2.75. The van der Waals surface area contributed by atoms with Crippen LogP contribution in [-0.2, 0) is 17.7 Å². The SMILES string of the molecule is Cc1nc(CCC(C)N2CCOCC2)n(CC(F)(F)F)n1. The minimum atomic E-state index is -4.27. The minimum Gasteiger partial charge on any atom is -0.379 e. The summed E-state index contributed by atoms with van der Waals surface area (Å²) in [6, 6.07) is 0.297. The van der Waals surface area contributed by atoms with Crippen molar-refractivity contribution >= 4 is 0 Å². The summed E-state index contributed by atoms with van der Waals surface area (Å²) >= 11 is 0. The Bertz CT molecular complexity index is 455. The fourth-order valence-electron chi connectivity index (χ4n) is 2.52. The third-order valence-corrected chi connectivity index (χ3v) is 3.64. The van der Waals surface area contributed by atoms with Crippen LogP contribution >= 0.6 is 0 Å². The fourth-order valence-corrected chi connectivity index (χ4v) is 2.52. The van der Waals surface area contributed by atoms with Crippen LogP contribution in [0.25, 0.3) is 0 Å². The van der Waals surface area contributed by atoms with Gasteiger partial charge < -0.3 is 4.74 Å². The maximum atomic E-state index is 12.5. The van der Waals surface area contributed by atoms with Crippen LogP contribution in [0.3, 0.4) is 0 Å². The van der Waals surface area contributed by atoms with E-state index >= 15 is 0 Å². The molecule has 0 bridgehead atoms. The normalized spacial score (nSPS) is 18.9. The van der Waals surface area contributed by atoms with Crippen molar-refractivity contribution in [1.82, 2.24) is 19.7 Å². The van der Waals surface area contributed by atoms with E-state index in [0.717, 1.165) is 24.2 Å². The van der Waals surface area contributed by atoms with Crippen molar-refractivity contribution in [1.29, 1.82) is 0 Å². The first-order chi connectivity index (χ1) is 9.85. The molecule has 1 fully saturated rings. The Labute approximate surface area is 122 Å². The van der Waals surface area contributed by atoms with Gasteiger partial charge in [-0.05, 0) is 20.3 Å². The van der Waals surface area contributed by atoms with E-state index in [1.807, 2.05) is 0 Å². The summed E-state index contributed by atoms with van der Waals surface area (Å²) in [7, 11) is 0. The van der Waals surface area contributed by atoms with E-state index in [2.05, 4.69) is 21.9 Å². The number of aryl methyl sites for hydroxylation is 2. The van der Waals surface area contributed by atoms with Crippen molar-refractivity contribution in [3.05, 3.63) is 11.6 Å². The molecule has 0 N–H and O–H groups in total. The van der Waals surface area contributed by atoms with Gasteiger partial charge in [0.15, 0.2) is 0 Å². The smallest absolute Gasteiger partial charge is 0.379 e. The quantitative estimate of drug-likeness (QED) is 0.832. The van der Waals surface area contributed by atoms with Crippen LogP contribution in [0.15, 0.2) is 0 Å². The second-order valence-corrected chi connectivity index (χ2v) is 5.38. The van der Waals surface area contributed by atoms with Crippen molar-refractivity contribution in [2.24, 2.45) is 0 Å². The molecule has 0 aliphatic carbocycles. The van der Waals surface area contributed by atoms with Crippen LogP contribution in [0.4, 0.5) is 13.2 Å². The zero-order valence-electron chi connectivity index (χ0n) is 12.4. The van der Waals surface area contributed by atoms with Crippen molar-refractivity contribution < 1.29 is 17.9 Å². The lowest BCUT2D eigenvalue weighted by molar-refractivity contribution is -0.143. The molecule has 1 saturated heterocycles. The third-order valence-electron chi connectivity index (χ3n) is 3.64. The van der Waals surface area contributed by atoms with Crippen LogP contribution in [0.2, 0.25) is 0 Å². The van der Waals surface area contributed by atoms with Gasteiger partial charge in [-0.1, -0.05) is 0 Å². The van der Waals surface area contributed by atoms with Crippen molar-refractivity contribution in [3.63, 3.8) is 0 Å². The molecule has 120 valence electrons. The Hall–Kier alpha value is -1.15. The highest BCUT2D eigenvalue weighted by atomic mass is 19.4. The predicted octanol–water partition coefficient (Wildman–Crippen LogP) is 1.80. The van der Waals surface area contributed by atoms with E-state index in [-0.39, 0.29) is 0 Å². The van der Waals surface area contributed by atoms with E-state index in [4.69, 9.17) is 4.74 Å². The van der Waals surface area contributed by atoms with E-state index < -0.39 is 12.7 Å². The lowest BCUT2D eigenvalue weighted by Crippen LogP contribution is -2.42. The largest absolute Gasteiger partial charge is 0.408 e. The van der Waals surface area contributed by atoms with E-state index in [1.165, 1.54) is 0 Å². The zero-order valence-corrected chi connectivity index (χ0v) is 12.4. The molecule has 1 aromatic rings. The Kier molecular flexibility index (Phi) is 5.21. The van der Waals surface area contributed by atoms with Gasteiger partial charge in [0.2, 0.25) is 0 Å². The molecule has 1 aromatic heterocycles. The van der Waals surface area contributed by atoms with Crippen molar-refractivity contribution in [3.8, 4) is 0 Å². The van der Waals surface area contributed by atoms with Crippen LogP contribution in [0.1, 0.15) is 25.0 Å². The Morgan fingerprint density at radius 3 is 2.57 bits per heavy atom. The summed E-state index contributed by atoms with van der Waals surface area (Å²) in [5.41, 5.74) is 0. The Morgan fingerprint density at radius 2 is 1.95 bits per heavy atom. The molecule has 8 heteroatoms. The van der Waals surface area contributed by atoms with Gasteiger partial charge in [0, 0.05) is 25.6 Å². The van der Waals surface area contributed by atoms with Gasteiger partial charge in [-0.15, -0.1) is 0 Å². The maximum absolute atomic E-state index is 12.5. The summed E-state index contributed by atoms with van der Waals surface area (Å²) in [6.07, 6.45) is -3.02. The topological polar surface area (TPSA) is 43.2 Å². The summed E-state index contributed by atoms with van der Waals surface area (Å²) in [5, 5.41) is 3.84. The number of nitrogens with zero attached hydrogens (tertiary/aromatic N) is 4. The first-order valence-corrected chi connectivity index (χ1v) is 7.14. The number of hydrogen-bond donors (Lipinski definition) is 0. The Balaban J connectivity index is 1.93. The summed E-state index contributed by atoms with van der Waals surface area (Å²) in [5.74, 6) is 0.790. The first kappa shape index (κ1) is 16.2. The van der Waals surface area contributed by atoms with Crippen LogP contribution in [0.5, 0.6) is 0 Å². The third kappa shape index (κ3) is 4.96. The number of alkyl halides is 3. The molecule has 1 atom stereocenters. The molecule has 2 heterocycles. The molecule has 0 amide bonds. The lowest BCUT2D eigenvalue weighted by atomic mass is 10.1. The highest BCUT2D eigenvalue weighted by Crippen LogP contribution is 2.19. The molecular weight excluding hydrogens is 285 g/mol. The highest BCUT2D eigenvalue weighted by Gasteiger charge is 2.30. The van der Waals surface area contributed by atoms with Gasteiger partial charge in [-0.2, -0.15) is 18.3 Å². The van der Waals surface area contributed by atoms with Crippen LogP contribution in [-0.4, -0.2) is 58.2 Å². The number of ether oxygens (including phenoxy) is 1. The maximum Gasteiger partial charge on any atom is 0.408 e. The van der Waals surface area contributed by atoms with Gasteiger partial charge in [0.1, 0.15) is 18.2 Å². The van der Waals surface area contributed by atoms with Gasteiger partial charge in [-0.3, -0.25) is 4.90 Å². The van der Waals surface area contributed by atoms with Crippen LogP contribution < -0.4 is 0 Å². The molecule has 1 unspecified atom stereocenters. The Morgan fingerprint density at radius 1 is 1.29 bits per heavy atom. The summed E-state index contributed by atoms with van der Waals surface area (Å²) in [6.45, 7) is 5.80. The molecule has 0 spiro atoms. The van der Waals surface area contributed by atoms with E-state index in [0.29, 0.717) is 37.3 Å². The number of aromatic nitrogens is 3. The molecule has 1 aliphatic heterocycles. The number of hydrogen-bond acceptors (Lipinski definition) is 4. The van der Waals surface area contributed by atoms with Gasteiger partial charge in [0.05, 0.1) is 13.2 Å². The second-order valence-electron chi connectivity index (χ2n) is 5.38. The number of rotatable bonds is 5. The summed E-state index contributed by atoms with van der Waals surface area (Å²) < 4.78 is 43.8. The first-order valence-electron chi connectivity index (χ1n) is 7.14. The van der Waals surface area contributed by atoms with E-state index in [9.17, 15) is 13.2 Å². The highest BCUT2D eigenvalue weighted by molar-refractivity contribution is 4.93. The molecule has 21 heavy (non-hydrogen) atoms. The lowest BCUT2D eigenvalue weighted by Gasteiger charge is -2.32. The molecule has 0 saturated carbocycles.